The molecule has 2 aromatic rings. The summed E-state index contributed by atoms with van der Waals surface area (Å²) in [5, 5.41) is 2.45. The highest BCUT2D eigenvalue weighted by molar-refractivity contribution is 7.89. The molecule has 1 amide bonds. The monoisotopic (exact) mass is 466 g/mol. The van der Waals surface area contributed by atoms with Gasteiger partial charge in [-0.25, -0.2) is 22.0 Å². The van der Waals surface area contributed by atoms with Crippen molar-refractivity contribution in [2.24, 2.45) is 0 Å². The summed E-state index contributed by atoms with van der Waals surface area (Å²) in [5.74, 6) is -4.12. The van der Waals surface area contributed by atoms with Crippen LogP contribution in [0.1, 0.15) is 42.5 Å². The van der Waals surface area contributed by atoms with E-state index in [0.29, 0.717) is 6.07 Å². The zero-order chi connectivity index (χ0) is 23.3. The Bertz CT molecular complexity index is 1100. The SMILES string of the molecule is CN(C1CCCCC1)S(=O)(=O)c1ccccc1NC(=O)COC(=O)c1ccc(F)c(F)c1. The van der Waals surface area contributed by atoms with Crippen LogP contribution in [0, 0.1) is 11.6 Å². The molecule has 2 aromatic carbocycles. The number of halogens is 2. The smallest absolute Gasteiger partial charge is 0.338 e. The number of sulfonamides is 1. The van der Waals surface area contributed by atoms with Crippen molar-refractivity contribution in [1.82, 2.24) is 4.31 Å². The lowest BCUT2D eigenvalue weighted by Gasteiger charge is -2.30. The highest BCUT2D eigenvalue weighted by Crippen LogP contribution is 2.29. The van der Waals surface area contributed by atoms with Gasteiger partial charge in [0.2, 0.25) is 10.0 Å². The van der Waals surface area contributed by atoms with Gasteiger partial charge in [0.1, 0.15) is 4.90 Å². The van der Waals surface area contributed by atoms with Crippen molar-refractivity contribution in [3.8, 4) is 0 Å². The van der Waals surface area contributed by atoms with Crippen LogP contribution in [0.25, 0.3) is 0 Å². The van der Waals surface area contributed by atoms with E-state index in [-0.39, 0.29) is 22.2 Å². The second-order valence-electron chi connectivity index (χ2n) is 7.56. The summed E-state index contributed by atoms with van der Waals surface area (Å²) in [7, 11) is -2.33. The summed E-state index contributed by atoms with van der Waals surface area (Å²) in [4.78, 5) is 24.2. The Morgan fingerprint density at radius 3 is 2.44 bits per heavy atom. The maximum Gasteiger partial charge on any atom is 0.338 e. The number of nitrogens with one attached hydrogen (secondary N) is 1. The molecule has 0 aromatic heterocycles. The predicted octanol–water partition coefficient (Wildman–Crippen LogP) is 3.71. The number of anilines is 1. The van der Waals surface area contributed by atoms with Gasteiger partial charge in [0, 0.05) is 13.1 Å². The molecular formula is C22H24F2N2O5S. The van der Waals surface area contributed by atoms with Crippen molar-refractivity contribution in [3.63, 3.8) is 0 Å². The zero-order valence-corrected chi connectivity index (χ0v) is 18.3. The standard InChI is InChI=1S/C22H24F2N2O5S/c1-26(16-7-3-2-4-8-16)32(29,30)20-10-6-5-9-19(20)25-21(27)14-31-22(28)15-11-12-17(23)18(24)13-15/h5-6,9-13,16H,2-4,7-8,14H2,1H3,(H,25,27). The van der Waals surface area contributed by atoms with Crippen molar-refractivity contribution >= 4 is 27.6 Å². The van der Waals surface area contributed by atoms with Crippen molar-refractivity contribution < 1.29 is 31.5 Å². The summed E-state index contributed by atoms with van der Waals surface area (Å²) in [6.45, 7) is -0.731. The molecule has 1 aliphatic rings. The second kappa shape index (κ2) is 10.2. The number of hydrogen-bond acceptors (Lipinski definition) is 5. The Hall–Kier alpha value is -2.85. The van der Waals surface area contributed by atoms with Crippen molar-refractivity contribution in [2.75, 3.05) is 19.0 Å². The van der Waals surface area contributed by atoms with E-state index in [2.05, 4.69) is 5.32 Å². The average molecular weight is 467 g/mol. The number of amides is 1. The Balaban J connectivity index is 1.68. The fourth-order valence-electron chi connectivity index (χ4n) is 3.61. The third kappa shape index (κ3) is 5.49. The van der Waals surface area contributed by atoms with Gasteiger partial charge in [0.25, 0.3) is 5.91 Å². The fourth-order valence-corrected chi connectivity index (χ4v) is 5.18. The first-order chi connectivity index (χ1) is 15.2. The third-order valence-corrected chi connectivity index (χ3v) is 7.36. The molecule has 0 saturated heterocycles. The van der Waals surface area contributed by atoms with Crippen LogP contribution in [-0.4, -0.2) is 44.3 Å². The lowest BCUT2D eigenvalue weighted by atomic mass is 9.96. The number of esters is 1. The molecule has 0 radical (unpaired) electrons. The number of hydrogen-bond donors (Lipinski definition) is 1. The summed E-state index contributed by atoms with van der Waals surface area (Å²) >= 11 is 0. The molecule has 10 heteroatoms. The zero-order valence-electron chi connectivity index (χ0n) is 17.5. The molecule has 7 nitrogen and oxygen atoms in total. The average Bonchev–Trinajstić information content (AvgIpc) is 2.79. The van der Waals surface area contributed by atoms with Crippen LogP contribution in [-0.2, 0) is 19.6 Å². The van der Waals surface area contributed by atoms with E-state index >= 15 is 0 Å². The second-order valence-corrected chi connectivity index (χ2v) is 9.53. The molecule has 32 heavy (non-hydrogen) atoms. The lowest BCUT2D eigenvalue weighted by Crippen LogP contribution is -2.38. The summed E-state index contributed by atoms with van der Waals surface area (Å²) in [5.41, 5.74) is -0.196. The minimum absolute atomic E-state index is 0.0593. The van der Waals surface area contributed by atoms with E-state index in [1.165, 1.54) is 23.5 Å². The Morgan fingerprint density at radius 1 is 1.06 bits per heavy atom. The number of para-hydroxylation sites is 1. The molecular weight excluding hydrogens is 442 g/mol. The number of ether oxygens (including phenoxy) is 1. The van der Waals surface area contributed by atoms with E-state index in [1.54, 1.807) is 12.1 Å². The molecule has 1 saturated carbocycles. The highest BCUT2D eigenvalue weighted by atomic mass is 32.2. The van der Waals surface area contributed by atoms with Gasteiger partial charge in [-0.2, -0.15) is 4.31 Å². The van der Waals surface area contributed by atoms with Gasteiger partial charge < -0.3 is 10.1 Å². The van der Waals surface area contributed by atoms with Crippen LogP contribution >= 0.6 is 0 Å². The predicted molar refractivity (Wildman–Crippen MR) is 114 cm³/mol. The fraction of sp³-hybridized carbons (Fsp3) is 0.364. The molecule has 3 rings (SSSR count). The molecule has 172 valence electrons. The van der Waals surface area contributed by atoms with Crippen LogP contribution in [0.15, 0.2) is 47.4 Å². The van der Waals surface area contributed by atoms with E-state index < -0.39 is 40.1 Å². The molecule has 0 aliphatic heterocycles. The van der Waals surface area contributed by atoms with Gasteiger partial charge in [0.05, 0.1) is 11.3 Å². The number of carbonyl (C=O) groups is 2. The minimum atomic E-state index is -3.86. The van der Waals surface area contributed by atoms with Gasteiger partial charge in [0.15, 0.2) is 18.2 Å². The van der Waals surface area contributed by atoms with Gasteiger partial charge in [-0.15, -0.1) is 0 Å². The number of nitrogens with zero attached hydrogens (tertiary/aromatic N) is 1. The molecule has 0 bridgehead atoms. The van der Waals surface area contributed by atoms with Gasteiger partial charge in [-0.05, 0) is 43.2 Å². The van der Waals surface area contributed by atoms with Crippen molar-refractivity contribution in [2.45, 2.75) is 43.0 Å². The van der Waals surface area contributed by atoms with Crippen LogP contribution in [0.4, 0.5) is 14.5 Å². The van der Waals surface area contributed by atoms with Crippen molar-refractivity contribution in [1.29, 1.82) is 0 Å². The third-order valence-electron chi connectivity index (χ3n) is 5.40. The van der Waals surface area contributed by atoms with Gasteiger partial charge >= 0.3 is 5.97 Å². The maximum absolute atomic E-state index is 13.3. The van der Waals surface area contributed by atoms with Crippen LogP contribution in [0.3, 0.4) is 0 Å². The van der Waals surface area contributed by atoms with Crippen LogP contribution in [0.2, 0.25) is 0 Å². The molecule has 0 heterocycles. The van der Waals surface area contributed by atoms with Crippen LogP contribution < -0.4 is 5.32 Å². The first-order valence-corrected chi connectivity index (χ1v) is 11.6. The molecule has 0 unspecified atom stereocenters. The summed E-state index contributed by atoms with van der Waals surface area (Å²) in [6.07, 6.45) is 4.58. The lowest BCUT2D eigenvalue weighted by molar-refractivity contribution is -0.119. The minimum Gasteiger partial charge on any atom is -0.452 e. The Labute approximate surface area is 185 Å². The summed E-state index contributed by atoms with van der Waals surface area (Å²) in [6, 6.07) is 8.34. The Morgan fingerprint density at radius 2 is 1.75 bits per heavy atom. The first kappa shape index (κ1) is 23.8. The topological polar surface area (TPSA) is 92.8 Å². The normalized spacial score (nSPS) is 14.9. The molecule has 0 atom stereocenters. The first-order valence-electron chi connectivity index (χ1n) is 10.2. The van der Waals surface area contributed by atoms with Crippen molar-refractivity contribution in [3.05, 3.63) is 59.7 Å². The van der Waals surface area contributed by atoms with Crippen LogP contribution in [0.5, 0.6) is 0 Å². The number of carbonyl (C=O) groups excluding carboxylic acids is 2. The number of benzene rings is 2. The summed E-state index contributed by atoms with van der Waals surface area (Å²) < 4.78 is 58.8. The number of rotatable bonds is 7. The molecule has 1 fully saturated rings. The van der Waals surface area contributed by atoms with E-state index in [4.69, 9.17) is 4.74 Å². The molecule has 1 aliphatic carbocycles. The Kier molecular flexibility index (Phi) is 7.57. The van der Waals surface area contributed by atoms with E-state index in [1.807, 2.05) is 0 Å². The molecule has 0 spiro atoms. The van der Waals surface area contributed by atoms with E-state index in [0.717, 1.165) is 44.2 Å². The maximum atomic E-state index is 13.3. The highest BCUT2D eigenvalue weighted by Gasteiger charge is 2.31. The molecule has 1 N–H and O–H groups in total. The largest absolute Gasteiger partial charge is 0.452 e. The quantitative estimate of drug-likeness (QED) is 0.628. The van der Waals surface area contributed by atoms with Gasteiger partial charge in [-0.1, -0.05) is 31.4 Å². The van der Waals surface area contributed by atoms with Gasteiger partial charge in [-0.3, -0.25) is 4.79 Å². The van der Waals surface area contributed by atoms with E-state index in [9.17, 15) is 26.8 Å².